The van der Waals surface area contributed by atoms with Crippen molar-refractivity contribution in [3.63, 3.8) is 0 Å². The topological polar surface area (TPSA) is 57.3 Å². The number of hydrogen-bond acceptors (Lipinski definition) is 4. The van der Waals surface area contributed by atoms with Crippen molar-refractivity contribution in [2.75, 3.05) is 32.0 Å². The van der Waals surface area contributed by atoms with Gasteiger partial charge in [-0.3, -0.25) is 4.79 Å². The average Bonchev–Trinajstić information content (AvgIpc) is 3.04. The van der Waals surface area contributed by atoms with Gasteiger partial charge in [0.25, 0.3) is 5.91 Å². The van der Waals surface area contributed by atoms with E-state index in [-0.39, 0.29) is 11.7 Å². The normalized spacial score (nSPS) is 17.1. The molecular formula is C18H21FN4O. The predicted molar refractivity (Wildman–Crippen MR) is 91.9 cm³/mol. The van der Waals surface area contributed by atoms with Crippen LogP contribution >= 0.6 is 0 Å². The number of anilines is 2. The second-order valence-corrected chi connectivity index (χ2v) is 6.00. The van der Waals surface area contributed by atoms with Gasteiger partial charge in [-0.2, -0.15) is 0 Å². The van der Waals surface area contributed by atoms with Crippen molar-refractivity contribution >= 4 is 17.4 Å². The molecule has 1 fully saturated rings. The molecule has 0 saturated carbocycles. The number of rotatable bonds is 5. The molecule has 1 aliphatic rings. The highest BCUT2D eigenvalue weighted by molar-refractivity contribution is 5.99. The first kappa shape index (κ1) is 16.4. The monoisotopic (exact) mass is 328 g/mol. The molecule has 1 amide bonds. The van der Waals surface area contributed by atoms with Gasteiger partial charge >= 0.3 is 0 Å². The second kappa shape index (κ2) is 7.40. The molecule has 0 aliphatic carbocycles. The van der Waals surface area contributed by atoms with E-state index in [1.165, 1.54) is 12.1 Å². The van der Waals surface area contributed by atoms with E-state index in [1.54, 1.807) is 30.5 Å². The minimum absolute atomic E-state index is 0.0411. The number of pyridine rings is 1. The SMILES string of the molecule is CNC[C@@H]1CCN(C(=O)c2cccnc2Nc2cccc(F)c2)C1. The number of amides is 1. The lowest BCUT2D eigenvalue weighted by molar-refractivity contribution is 0.0788. The van der Waals surface area contributed by atoms with Crippen molar-refractivity contribution in [3.05, 3.63) is 54.0 Å². The maximum Gasteiger partial charge on any atom is 0.257 e. The molecule has 2 heterocycles. The van der Waals surface area contributed by atoms with Crippen LogP contribution in [0.4, 0.5) is 15.9 Å². The number of halogens is 1. The number of benzene rings is 1. The minimum Gasteiger partial charge on any atom is -0.339 e. The Hall–Kier alpha value is -2.47. The standard InChI is InChI=1S/C18H21FN4O/c1-20-11-13-7-9-23(12-13)18(24)16-6-3-8-21-17(16)22-15-5-2-4-14(19)10-15/h2-6,8,10,13,20H,7,9,11-12H2,1H3,(H,21,22)/t13-/m0/s1. The fraction of sp³-hybridized carbons (Fsp3) is 0.333. The van der Waals surface area contributed by atoms with Gasteiger partial charge in [0.15, 0.2) is 0 Å². The van der Waals surface area contributed by atoms with E-state index in [4.69, 9.17) is 0 Å². The maximum atomic E-state index is 13.3. The predicted octanol–water partition coefficient (Wildman–Crippen LogP) is 2.65. The second-order valence-electron chi connectivity index (χ2n) is 6.00. The number of aromatic nitrogens is 1. The van der Waals surface area contributed by atoms with Gasteiger partial charge in [0.2, 0.25) is 0 Å². The van der Waals surface area contributed by atoms with Gasteiger partial charge < -0.3 is 15.5 Å². The van der Waals surface area contributed by atoms with Gasteiger partial charge in [-0.25, -0.2) is 9.37 Å². The fourth-order valence-corrected chi connectivity index (χ4v) is 3.02. The van der Waals surface area contributed by atoms with E-state index in [0.29, 0.717) is 23.0 Å². The smallest absolute Gasteiger partial charge is 0.257 e. The van der Waals surface area contributed by atoms with E-state index in [2.05, 4.69) is 15.6 Å². The van der Waals surface area contributed by atoms with Crippen molar-refractivity contribution in [1.29, 1.82) is 0 Å². The average molecular weight is 328 g/mol. The first-order valence-electron chi connectivity index (χ1n) is 8.09. The first-order chi connectivity index (χ1) is 11.7. The van der Waals surface area contributed by atoms with Crippen molar-refractivity contribution in [3.8, 4) is 0 Å². The molecule has 0 unspecified atom stereocenters. The third-order valence-electron chi connectivity index (χ3n) is 4.19. The number of likely N-dealkylation sites (tertiary alicyclic amines) is 1. The zero-order chi connectivity index (χ0) is 16.9. The molecule has 3 rings (SSSR count). The van der Waals surface area contributed by atoms with E-state index in [9.17, 15) is 9.18 Å². The van der Waals surface area contributed by atoms with E-state index < -0.39 is 0 Å². The van der Waals surface area contributed by atoms with Gasteiger partial charge in [0, 0.05) is 25.0 Å². The van der Waals surface area contributed by atoms with Gasteiger partial charge in [-0.05, 0) is 56.3 Å². The molecule has 2 N–H and O–H groups in total. The maximum absolute atomic E-state index is 13.3. The summed E-state index contributed by atoms with van der Waals surface area (Å²) in [7, 11) is 1.92. The molecule has 1 aliphatic heterocycles. The lowest BCUT2D eigenvalue weighted by Crippen LogP contribution is -2.31. The summed E-state index contributed by atoms with van der Waals surface area (Å²) in [6.45, 7) is 2.40. The van der Waals surface area contributed by atoms with Gasteiger partial charge in [0.05, 0.1) is 5.56 Å². The van der Waals surface area contributed by atoms with Crippen LogP contribution in [0.25, 0.3) is 0 Å². The zero-order valence-corrected chi connectivity index (χ0v) is 13.6. The molecule has 6 heteroatoms. The molecule has 1 aromatic carbocycles. The molecule has 2 aromatic rings. The third kappa shape index (κ3) is 3.71. The van der Waals surface area contributed by atoms with Crippen LogP contribution in [-0.4, -0.2) is 42.5 Å². The fourth-order valence-electron chi connectivity index (χ4n) is 3.02. The van der Waals surface area contributed by atoms with Crippen LogP contribution in [-0.2, 0) is 0 Å². The minimum atomic E-state index is -0.335. The van der Waals surface area contributed by atoms with Crippen LogP contribution < -0.4 is 10.6 Å². The summed E-state index contributed by atoms with van der Waals surface area (Å²) in [4.78, 5) is 18.9. The summed E-state index contributed by atoms with van der Waals surface area (Å²) >= 11 is 0. The van der Waals surface area contributed by atoms with Crippen LogP contribution in [0.5, 0.6) is 0 Å². The number of nitrogens with zero attached hydrogens (tertiary/aromatic N) is 2. The van der Waals surface area contributed by atoms with Crippen LogP contribution in [0.15, 0.2) is 42.6 Å². The van der Waals surface area contributed by atoms with Crippen molar-refractivity contribution < 1.29 is 9.18 Å². The lowest BCUT2D eigenvalue weighted by atomic mass is 10.1. The molecule has 24 heavy (non-hydrogen) atoms. The lowest BCUT2D eigenvalue weighted by Gasteiger charge is -2.18. The highest BCUT2D eigenvalue weighted by Crippen LogP contribution is 2.23. The summed E-state index contributed by atoms with van der Waals surface area (Å²) in [5.41, 5.74) is 1.07. The molecule has 5 nitrogen and oxygen atoms in total. The van der Waals surface area contributed by atoms with Crippen molar-refractivity contribution in [2.24, 2.45) is 5.92 Å². The van der Waals surface area contributed by atoms with Gasteiger partial charge in [-0.15, -0.1) is 0 Å². The molecule has 126 valence electrons. The summed E-state index contributed by atoms with van der Waals surface area (Å²) in [6, 6.07) is 9.60. The Bertz CT molecular complexity index is 722. The summed E-state index contributed by atoms with van der Waals surface area (Å²) < 4.78 is 13.3. The molecule has 0 bridgehead atoms. The molecule has 1 atom stereocenters. The quantitative estimate of drug-likeness (QED) is 0.886. The Morgan fingerprint density at radius 3 is 3.04 bits per heavy atom. The summed E-state index contributed by atoms with van der Waals surface area (Å²) in [6.07, 6.45) is 2.62. The van der Waals surface area contributed by atoms with Crippen molar-refractivity contribution in [1.82, 2.24) is 15.2 Å². The Labute approximate surface area is 140 Å². The Morgan fingerprint density at radius 1 is 1.38 bits per heavy atom. The molecular weight excluding hydrogens is 307 g/mol. The van der Waals surface area contributed by atoms with E-state index in [1.807, 2.05) is 11.9 Å². The largest absolute Gasteiger partial charge is 0.339 e. The number of carbonyl (C=O) groups excluding carboxylic acids is 1. The summed E-state index contributed by atoms with van der Waals surface area (Å²) in [5, 5.41) is 6.20. The Morgan fingerprint density at radius 2 is 2.25 bits per heavy atom. The highest BCUT2D eigenvalue weighted by Gasteiger charge is 2.28. The zero-order valence-electron chi connectivity index (χ0n) is 13.6. The molecule has 0 radical (unpaired) electrons. The summed E-state index contributed by atoms with van der Waals surface area (Å²) in [5.74, 6) is 0.555. The first-order valence-corrected chi connectivity index (χ1v) is 8.09. The van der Waals surface area contributed by atoms with E-state index in [0.717, 1.165) is 26.1 Å². The van der Waals surface area contributed by atoms with Crippen LogP contribution in [0.3, 0.4) is 0 Å². The number of hydrogen-bond donors (Lipinski definition) is 2. The third-order valence-corrected chi connectivity index (χ3v) is 4.19. The van der Waals surface area contributed by atoms with Crippen LogP contribution in [0.2, 0.25) is 0 Å². The van der Waals surface area contributed by atoms with Crippen LogP contribution in [0.1, 0.15) is 16.8 Å². The van der Waals surface area contributed by atoms with Gasteiger partial charge in [-0.1, -0.05) is 6.07 Å². The molecule has 1 saturated heterocycles. The van der Waals surface area contributed by atoms with E-state index >= 15 is 0 Å². The Balaban J connectivity index is 1.78. The van der Waals surface area contributed by atoms with Gasteiger partial charge in [0.1, 0.15) is 11.6 Å². The molecule has 0 spiro atoms. The molecule has 1 aromatic heterocycles. The van der Waals surface area contributed by atoms with Crippen LogP contribution in [0, 0.1) is 11.7 Å². The highest BCUT2D eigenvalue weighted by atomic mass is 19.1. The number of nitrogens with one attached hydrogen (secondary N) is 2. The van der Waals surface area contributed by atoms with Crippen molar-refractivity contribution in [2.45, 2.75) is 6.42 Å². The number of carbonyl (C=O) groups is 1. The Kier molecular flexibility index (Phi) is 5.05.